The topological polar surface area (TPSA) is 57.9 Å². The summed E-state index contributed by atoms with van der Waals surface area (Å²) in [5.74, 6) is 1.38. The molecule has 0 saturated carbocycles. The second-order valence-corrected chi connectivity index (χ2v) is 5.05. The molecule has 0 N–H and O–H groups in total. The number of methoxy groups -OCH3 is 1. The first-order valence-corrected chi connectivity index (χ1v) is 5.95. The minimum atomic E-state index is -0.662. The summed E-state index contributed by atoms with van der Waals surface area (Å²) in [6.07, 6.45) is 0. The van der Waals surface area contributed by atoms with E-state index in [9.17, 15) is 4.79 Å². The molecule has 1 aromatic rings. The molecule has 0 aromatic carbocycles. The van der Waals surface area contributed by atoms with E-state index in [0.717, 1.165) is 11.5 Å². The maximum Gasteiger partial charge on any atom is 0.317 e. The van der Waals surface area contributed by atoms with Gasteiger partial charge in [-0.1, -0.05) is 0 Å². The zero-order valence-corrected chi connectivity index (χ0v) is 10.5. The molecule has 0 unspecified atom stereocenters. The molecule has 1 aromatic heterocycles. The van der Waals surface area contributed by atoms with Crippen molar-refractivity contribution in [3.05, 3.63) is 23.7 Å². The van der Waals surface area contributed by atoms with Gasteiger partial charge in [0.15, 0.2) is 0 Å². The first kappa shape index (κ1) is 11.7. The van der Waals surface area contributed by atoms with Crippen molar-refractivity contribution < 1.29 is 23.4 Å². The summed E-state index contributed by atoms with van der Waals surface area (Å²) < 4.78 is 21.3. The van der Waals surface area contributed by atoms with Crippen LogP contribution in [0.5, 0.6) is 0 Å². The van der Waals surface area contributed by atoms with Crippen molar-refractivity contribution in [3.8, 4) is 0 Å². The zero-order chi connectivity index (χ0) is 12.8. The molecule has 0 amide bonds. The molecule has 18 heavy (non-hydrogen) atoms. The summed E-state index contributed by atoms with van der Waals surface area (Å²) in [6, 6.07) is 3.82. The largest absolute Gasteiger partial charge is 0.468 e. The van der Waals surface area contributed by atoms with Crippen LogP contribution in [-0.2, 0) is 24.4 Å². The Labute approximate surface area is 105 Å². The van der Waals surface area contributed by atoms with Crippen molar-refractivity contribution >= 4 is 5.97 Å². The monoisotopic (exact) mass is 252 g/mol. The molecule has 2 aliphatic rings. The predicted octanol–water partition coefficient (Wildman–Crippen LogP) is 1.05. The van der Waals surface area contributed by atoms with Crippen LogP contribution in [0.3, 0.4) is 0 Å². The summed E-state index contributed by atoms with van der Waals surface area (Å²) in [4.78, 5) is 12.1. The molecule has 2 saturated heterocycles. The van der Waals surface area contributed by atoms with Gasteiger partial charge in [-0.15, -0.1) is 0 Å². The fourth-order valence-corrected chi connectivity index (χ4v) is 2.74. The van der Waals surface area contributed by atoms with Gasteiger partial charge in [0.1, 0.15) is 16.9 Å². The zero-order valence-electron chi connectivity index (χ0n) is 10.5. The Bertz CT molecular complexity index is 467. The molecule has 0 radical (unpaired) electrons. The van der Waals surface area contributed by atoms with Crippen molar-refractivity contribution in [1.29, 1.82) is 0 Å². The number of carbonyl (C=O) groups excluding carboxylic acids is 1. The lowest BCUT2D eigenvalue weighted by Crippen LogP contribution is -2.70. The molecule has 3 rings (SSSR count). The molecular formula is C13H16O5. The third-order valence-corrected chi connectivity index (χ3v) is 4.10. The van der Waals surface area contributed by atoms with E-state index in [4.69, 9.17) is 18.6 Å². The van der Waals surface area contributed by atoms with Gasteiger partial charge >= 0.3 is 5.97 Å². The van der Waals surface area contributed by atoms with Crippen LogP contribution in [0.2, 0.25) is 0 Å². The number of ether oxygens (including phenoxy) is 3. The molecule has 98 valence electrons. The van der Waals surface area contributed by atoms with Crippen molar-refractivity contribution in [2.45, 2.75) is 12.3 Å². The van der Waals surface area contributed by atoms with Crippen molar-refractivity contribution in [1.82, 2.24) is 0 Å². The third kappa shape index (κ3) is 1.26. The van der Waals surface area contributed by atoms with Gasteiger partial charge in [0, 0.05) is 0 Å². The SMILES string of the molecule is COC(=O)C1(C2(c3ccc(C)o3)COC2)COC1. The fraction of sp³-hybridized carbons (Fsp3) is 0.615. The van der Waals surface area contributed by atoms with E-state index in [1.54, 1.807) is 0 Å². The average molecular weight is 252 g/mol. The van der Waals surface area contributed by atoms with Gasteiger partial charge in [-0.2, -0.15) is 0 Å². The molecule has 0 bridgehead atoms. The Morgan fingerprint density at radius 3 is 2.22 bits per heavy atom. The lowest BCUT2D eigenvalue weighted by atomic mass is 9.59. The number of hydrogen-bond acceptors (Lipinski definition) is 5. The quantitative estimate of drug-likeness (QED) is 0.752. The Kier molecular flexibility index (Phi) is 2.50. The molecule has 0 aliphatic carbocycles. The van der Waals surface area contributed by atoms with Gasteiger partial charge in [-0.3, -0.25) is 4.79 Å². The molecule has 0 spiro atoms. The van der Waals surface area contributed by atoms with E-state index in [2.05, 4.69) is 0 Å². The summed E-state index contributed by atoms with van der Waals surface area (Å²) in [5, 5.41) is 0. The van der Waals surface area contributed by atoms with Crippen LogP contribution < -0.4 is 0 Å². The van der Waals surface area contributed by atoms with E-state index < -0.39 is 10.8 Å². The lowest BCUT2D eigenvalue weighted by Gasteiger charge is -2.55. The Morgan fingerprint density at radius 2 is 1.89 bits per heavy atom. The van der Waals surface area contributed by atoms with Crippen molar-refractivity contribution in [3.63, 3.8) is 0 Å². The predicted molar refractivity (Wildman–Crippen MR) is 61.2 cm³/mol. The van der Waals surface area contributed by atoms with Crippen molar-refractivity contribution in [2.75, 3.05) is 33.5 Å². The third-order valence-electron chi connectivity index (χ3n) is 4.10. The highest BCUT2D eigenvalue weighted by atomic mass is 16.6. The van der Waals surface area contributed by atoms with E-state index in [-0.39, 0.29) is 5.97 Å². The van der Waals surface area contributed by atoms with E-state index in [1.165, 1.54) is 7.11 Å². The van der Waals surface area contributed by atoms with Crippen molar-refractivity contribution in [2.24, 2.45) is 5.41 Å². The van der Waals surface area contributed by atoms with E-state index in [1.807, 2.05) is 19.1 Å². The summed E-state index contributed by atoms with van der Waals surface area (Å²) in [6.45, 7) is 3.56. The Hall–Kier alpha value is -1.33. The number of rotatable bonds is 3. The molecule has 5 nitrogen and oxygen atoms in total. The van der Waals surface area contributed by atoms with Gasteiger partial charge < -0.3 is 18.6 Å². The van der Waals surface area contributed by atoms with E-state index in [0.29, 0.717) is 26.4 Å². The van der Waals surface area contributed by atoms with Gasteiger partial charge in [0.25, 0.3) is 0 Å². The number of aryl methyl sites for hydroxylation is 1. The summed E-state index contributed by atoms with van der Waals surface area (Å²) >= 11 is 0. The second kappa shape index (κ2) is 3.83. The maximum absolute atomic E-state index is 12.1. The highest BCUT2D eigenvalue weighted by Gasteiger charge is 2.67. The number of carbonyl (C=O) groups is 1. The normalized spacial score (nSPS) is 23.9. The van der Waals surface area contributed by atoms with E-state index >= 15 is 0 Å². The molecule has 3 heterocycles. The van der Waals surface area contributed by atoms with Crippen LogP contribution in [0.1, 0.15) is 11.5 Å². The van der Waals surface area contributed by atoms with Crippen LogP contribution in [-0.4, -0.2) is 39.5 Å². The Balaban J connectivity index is 2.03. The highest BCUT2D eigenvalue weighted by Crippen LogP contribution is 2.52. The fourth-order valence-electron chi connectivity index (χ4n) is 2.74. The van der Waals surface area contributed by atoms with Crippen LogP contribution >= 0.6 is 0 Å². The molecule has 2 fully saturated rings. The standard InChI is InChI=1S/C13H16O5/c1-9-3-4-10(18-9)12(5-16-6-12)13(7-17-8-13)11(14)15-2/h3-4H,5-8H2,1-2H3. The van der Waals surface area contributed by atoms with Gasteiger partial charge in [-0.25, -0.2) is 0 Å². The summed E-state index contributed by atoms with van der Waals surface area (Å²) in [7, 11) is 1.41. The summed E-state index contributed by atoms with van der Waals surface area (Å²) in [5.41, 5.74) is -1.10. The molecule has 0 atom stereocenters. The average Bonchev–Trinajstić information content (AvgIpc) is 2.66. The number of furan rings is 1. The van der Waals surface area contributed by atoms with Gasteiger partial charge in [0.2, 0.25) is 0 Å². The minimum Gasteiger partial charge on any atom is -0.468 e. The molecular weight excluding hydrogens is 236 g/mol. The van der Waals surface area contributed by atoms with Gasteiger partial charge in [-0.05, 0) is 19.1 Å². The Morgan fingerprint density at radius 1 is 1.22 bits per heavy atom. The highest BCUT2D eigenvalue weighted by molar-refractivity contribution is 5.81. The van der Waals surface area contributed by atoms with Crippen LogP contribution in [0.25, 0.3) is 0 Å². The number of esters is 1. The lowest BCUT2D eigenvalue weighted by molar-refractivity contribution is -0.242. The molecule has 5 heteroatoms. The van der Waals surface area contributed by atoms with Gasteiger partial charge in [0.05, 0.1) is 39.0 Å². The van der Waals surface area contributed by atoms with Crippen LogP contribution in [0.15, 0.2) is 16.5 Å². The number of hydrogen-bond donors (Lipinski definition) is 0. The van der Waals surface area contributed by atoms with Crippen LogP contribution in [0, 0.1) is 12.3 Å². The first-order chi connectivity index (χ1) is 8.64. The molecule has 2 aliphatic heterocycles. The second-order valence-electron chi connectivity index (χ2n) is 5.05. The van der Waals surface area contributed by atoms with Crippen LogP contribution in [0.4, 0.5) is 0 Å². The smallest absolute Gasteiger partial charge is 0.317 e. The minimum absolute atomic E-state index is 0.244. The first-order valence-electron chi connectivity index (χ1n) is 5.95. The maximum atomic E-state index is 12.1.